The molecular formula is C50H86NO8P. The van der Waals surface area contributed by atoms with E-state index in [1.54, 1.807) is 0 Å². The first-order chi connectivity index (χ1) is 29.0. The van der Waals surface area contributed by atoms with Crippen LogP contribution in [0.5, 0.6) is 0 Å². The number of esters is 2. The molecule has 0 amide bonds. The maximum absolute atomic E-state index is 12.7. The van der Waals surface area contributed by atoms with Gasteiger partial charge in [0.15, 0.2) is 6.10 Å². The van der Waals surface area contributed by atoms with E-state index >= 15 is 0 Å². The number of quaternary nitrogens is 1. The summed E-state index contributed by atoms with van der Waals surface area (Å²) in [6.45, 7) is 4.05. The first kappa shape index (κ1) is 57.2. The predicted molar refractivity (Wildman–Crippen MR) is 249 cm³/mol. The van der Waals surface area contributed by atoms with E-state index in [4.69, 9.17) is 18.5 Å². The summed E-state index contributed by atoms with van der Waals surface area (Å²) in [5.41, 5.74) is 0. The lowest BCUT2D eigenvalue weighted by atomic mass is 10.1. The Hall–Kier alpha value is -2.81. The third kappa shape index (κ3) is 44.7. The van der Waals surface area contributed by atoms with Crippen LogP contribution < -0.4 is 4.89 Å². The zero-order valence-corrected chi connectivity index (χ0v) is 39.5. The molecule has 0 aromatic carbocycles. The summed E-state index contributed by atoms with van der Waals surface area (Å²) in [6, 6.07) is 0. The maximum Gasteiger partial charge on any atom is 0.306 e. The van der Waals surface area contributed by atoms with Crippen molar-refractivity contribution in [3.63, 3.8) is 0 Å². The Bertz CT molecular complexity index is 1290. The smallest absolute Gasteiger partial charge is 0.306 e. The molecule has 0 aliphatic rings. The zero-order valence-electron chi connectivity index (χ0n) is 38.6. The summed E-state index contributed by atoms with van der Waals surface area (Å²) in [7, 11) is 1.13. The third-order valence-electron chi connectivity index (χ3n) is 9.43. The van der Waals surface area contributed by atoms with E-state index < -0.39 is 32.5 Å². The van der Waals surface area contributed by atoms with Gasteiger partial charge in [-0.25, -0.2) is 0 Å². The van der Waals surface area contributed by atoms with Crippen LogP contribution in [-0.4, -0.2) is 70.0 Å². The Labute approximate surface area is 367 Å². The molecule has 0 aromatic rings. The van der Waals surface area contributed by atoms with Crippen molar-refractivity contribution in [1.29, 1.82) is 0 Å². The molecule has 60 heavy (non-hydrogen) atoms. The highest BCUT2D eigenvalue weighted by Crippen LogP contribution is 2.38. The van der Waals surface area contributed by atoms with Crippen LogP contribution in [0.2, 0.25) is 0 Å². The first-order valence-electron chi connectivity index (χ1n) is 23.3. The summed E-state index contributed by atoms with van der Waals surface area (Å²) in [6.07, 6.45) is 53.3. The quantitative estimate of drug-likeness (QED) is 0.0196. The van der Waals surface area contributed by atoms with E-state index in [1.165, 1.54) is 51.4 Å². The van der Waals surface area contributed by atoms with E-state index in [2.05, 4.69) is 98.9 Å². The van der Waals surface area contributed by atoms with Gasteiger partial charge < -0.3 is 27.9 Å². The number of phosphoric ester groups is 1. The van der Waals surface area contributed by atoms with Crippen LogP contribution in [0.15, 0.2) is 85.1 Å². The van der Waals surface area contributed by atoms with Crippen LogP contribution >= 0.6 is 7.82 Å². The third-order valence-corrected chi connectivity index (χ3v) is 10.4. The van der Waals surface area contributed by atoms with E-state index in [0.717, 1.165) is 83.5 Å². The van der Waals surface area contributed by atoms with Gasteiger partial charge in [-0.1, -0.05) is 170 Å². The topological polar surface area (TPSA) is 111 Å². The van der Waals surface area contributed by atoms with Crippen molar-refractivity contribution in [2.75, 3.05) is 47.5 Å². The number of ether oxygens (including phenoxy) is 2. The lowest BCUT2D eigenvalue weighted by Gasteiger charge is -2.28. The van der Waals surface area contributed by atoms with Crippen LogP contribution in [0.25, 0.3) is 0 Å². The Balaban J connectivity index is 4.37. The number of rotatable bonds is 41. The minimum Gasteiger partial charge on any atom is -0.756 e. The van der Waals surface area contributed by atoms with Crippen molar-refractivity contribution < 1.29 is 42.1 Å². The number of allylic oxidation sites excluding steroid dienone is 14. The van der Waals surface area contributed by atoms with Gasteiger partial charge in [0, 0.05) is 12.8 Å². The van der Waals surface area contributed by atoms with E-state index in [1.807, 2.05) is 21.1 Å². The second kappa shape index (κ2) is 41.5. The second-order valence-electron chi connectivity index (χ2n) is 16.4. The molecule has 0 aromatic heterocycles. The maximum atomic E-state index is 12.7. The number of unbranched alkanes of at least 4 members (excludes halogenated alkanes) is 13. The molecule has 0 saturated carbocycles. The second-order valence-corrected chi connectivity index (χ2v) is 17.8. The van der Waals surface area contributed by atoms with Crippen molar-refractivity contribution >= 4 is 19.8 Å². The number of nitrogens with zero attached hydrogens (tertiary/aromatic N) is 1. The Morgan fingerprint density at radius 2 is 0.950 bits per heavy atom. The number of hydrogen-bond acceptors (Lipinski definition) is 8. The molecular weight excluding hydrogens is 774 g/mol. The number of carbonyl (C=O) groups excluding carboxylic acids is 2. The standard InChI is InChI=1S/C50H86NO8P/c1-6-8-10-12-14-16-18-19-20-21-22-23-24-25-26-27-28-29-30-31-33-35-37-39-41-43-50(53)59-48(47-58-60(54,55)57-45-44-51(3,4)5)46-56-49(52)42-40-38-36-34-32-17-15-13-11-9-7-2/h8,10,14,16,19-20,22-23,25-26,28-29,31,33,48H,6-7,9,11-13,15,17-18,21,24,27,30,32,34-47H2,1-5H3/b10-8-,16-14-,20-19-,23-22-,26-25-,29-28-,33-31-. The van der Waals surface area contributed by atoms with Crippen molar-refractivity contribution in [2.45, 2.75) is 174 Å². The van der Waals surface area contributed by atoms with Gasteiger partial charge in [-0.05, 0) is 70.6 Å². The minimum absolute atomic E-state index is 0.0413. The predicted octanol–water partition coefficient (Wildman–Crippen LogP) is 12.9. The zero-order chi connectivity index (χ0) is 44.3. The number of phosphoric acid groups is 1. The van der Waals surface area contributed by atoms with Gasteiger partial charge >= 0.3 is 11.9 Å². The Kier molecular flexibility index (Phi) is 39.6. The molecule has 2 unspecified atom stereocenters. The van der Waals surface area contributed by atoms with Gasteiger partial charge in [0.25, 0.3) is 7.82 Å². The fraction of sp³-hybridized carbons (Fsp3) is 0.680. The molecule has 344 valence electrons. The van der Waals surface area contributed by atoms with Crippen LogP contribution in [0.1, 0.15) is 168 Å². The molecule has 0 saturated heterocycles. The lowest BCUT2D eigenvalue weighted by Crippen LogP contribution is -2.37. The normalized spacial score (nSPS) is 14.3. The SMILES string of the molecule is CC/C=C\C/C=C\C/C=C\C/C=C\C/C=C\C/C=C\C/C=C\CCCCCC(=O)OC(COC(=O)CCCCCCCCCCCCC)COP(=O)([O-])OCC[N+](C)(C)C. The fourth-order valence-corrected chi connectivity index (χ4v) is 6.54. The van der Waals surface area contributed by atoms with Gasteiger partial charge in [0.05, 0.1) is 27.7 Å². The average molecular weight is 860 g/mol. The monoisotopic (exact) mass is 860 g/mol. The van der Waals surface area contributed by atoms with Crippen LogP contribution in [0, 0.1) is 0 Å². The molecule has 0 aliphatic heterocycles. The van der Waals surface area contributed by atoms with Gasteiger partial charge in [-0.2, -0.15) is 0 Å². The molecule has 0 radical (unpaired) electrons. The van der Waals surface area contributed by atoms with Crippen molar-refractivity contribution in [1.82, 2.24) is 0 Å². The van der Waals surface area contributed by atoms with Crippen molar-refractivity contribution in [2.24, 2.45) is 0 Å². The molecule has 0 N–H and O–H groups in total. The average Bonchev–Trinajstić information content (AvgIpc) is 3.20. The summed E-state index contributed by atoms with van der Waals surface area (Å²) < 4.78 is 33.9. The number of hydrogen-bond donors (Lipinski definition) is 0. The molecule has 0 aliphatic carbocycles. The van der Waals surface area contributed by atoms with E-state index in [0.29, 0.717) is 17.4 Å². The molecule has 0 fully saturated rings. The Morgan fingerprint density at radius 3 is 1.42 bits per heavy atom. The summed E-state index contributed by atoms with van der Waals surface area (Å²) >= 11 is 0. The molecule has 9 nitrogen and oxygen atoms in total. The molecule has 0 bridgehead atoms. The summed E-state index contributed by atoms with van der Waals surface area (Å²) in [5, 5.41) is 0. The largest absolute Gasteiger partial charge is 0.756 e. The van der Waals surface area contributed by atoms with Gasteiger partial charge in [0.1, 0.15) is 19.8 Å². The highest BCUT2D eigenvalue weighted by atomic mass is 31.2. The van der Waals surface area contributed by atoms with Crippen molar-refractivity contribution in [3.8, 4) is 0 Å². The van der Waals surface area contributed by atoms with Crippen LogP contribution in [0.3, 0.4) is 0 Å². The molecule has 10 heteroatoms. The first-order valence-corrected chi connectivity index (χ1v) is 24.8. The van der Waals surface area contributed by atoms with Gasteiger partial charge in [0.2, 0.25) is 0 Å². The molecule has 0 heterocycles. The highest BCUT2D eigenvalue weighted by molar-refractivity contribution is 7.45. The minimum atomic E-state index is -4.64. The van der Waals surface area contributed by atoms with E-state index in [9.17, 15) is 19.0 Å². The van der Waals surface area contributed by atoms with Crippen molar-refractivity contribution in [3.05, 3.63) is 85.1 Å². The Morgan fingerprint density at radius 1 is 0.533 bits per heavy atom. The van der Waals surface area contributed by atoms with E-state index in [-0.39, 0.29) is 26.1 Å². The number of carbonyl (C=O) groups is 2. The highest BCUT2D eigenvalue weighted by Gasteiger charge is 2.21. The van der Waals surface area contributed by atoms with Crippen LogP contribution in [0.4, 0.5) is 0 Å². The summed E-state index contributed by atoms with van der Waals surface area (Å²) in [5.74, 6) is -0.879. The van der Waals surface area contributed by atoms with Gasteiger partial charge in [-0.15, -0.1) is 0 Å². The van der Waals surface area contributed by atoms with Crippen LogP contribution in [-0.2, 0) is 32.7 Å². The fourth-order valence-electron chi connectivity index (χ4n) is 5.81. The summed E-state index contributed by atoms with van der Waals surface area (Å²) in [4.78, 5) is 37.5. The molecule has 0 rings (SSSR count). The van der Waals surface area contributed by atoms with Gasteiger partial charge in [-0.3, -0.25) is 14.2 Å². The lowest BCUT2D eigenvalue weighted by molar-refractivity contribution is -0.870. The number of likely N-dealkylation sites (N-methyl/N-ethyl adjacent to an activating group) is 1. The molecule has 2 atom stereocenters. The molecule has 0 spiro atoms.